The molecule has 1 aromatic heterocycles. The quantitative estimate of drug-likeness (QED) is 0.847. The molecule has 2 aromatic rings. The minimum absolute atomic E-state index is 0.0292. The van der Waals surface area contributed by atoms with Crippen LogP contribution in [-0.4, -0.2) is 15.6 Å². The average molecular weight is 313 g/mol. The number of benzene rings is 1. The molecule has 21 heavy (non-hydrogen) atoms. The Morgan fingerprint density at radius 1 is 1.29 bits per heavy atom. The SMILES string of the molecule is CCn1nc(C)c(Cl)c1CC(=O)Cc1ccc(F)c(F)c1. The van der Waals surface area contributed by atoms with Crippen molar-refractivity contribution in [1.82, 2.24) is 9.78 Å². The van der Waals surface area contributed by atoms with Crippen LogP contribution < -0.4 is 0 Å². The first kappa shape index (κ1) is 15.6. The van der Waals surface area contributed by atoms with Gasteiger partial charge in [-0.2, -0.15) is 5.10 Å². The van der Waals surface area contributed by atoms with E-state index in [0.29, 0.717) is 28.5 Å². The molecular formula is C15H15ClF2N2O. The van der Waals surface area contributed by atoms with Crippen LogP contribution >= 0.6 is 11.6 Å². The van der Waals surface area contributed by atoms with E-state index in [2.05, 4.69) is 5.10 Å². The van der Waals surface area contributed by atoms with E-state index in [1.165, 1.54) is 6.07 Å². The van der Waals surface area contributed by atoms with Crippen molar-refractivity contribution in [1.29, 1.82) is 0 Å². The van der Waals surface area contributed by atoms with Crippen LogP contribution in [0.4, 0.5) is 8.78 Å². The fourth-order valence-electron chi connectivity index (χ4n) is 2.16. The molecule has 0 radical (unpaired) electrons. The first-order valence-corrected chi connectivity index (χ1v) is 6.97. The van der Waals surface area contributed by atoms with Gasteiger partial charge < -0.3 is 0 Å². The summed E-state index contributed by atoms with van der Waals surface area (Å²) in [4.78, 5) is 12.1. The number of aryl methyl sites for hydroxylation is 2. The van der Waals surface area contributed by atoms with Gasteiger partial charge >= 0.3 is 0 Å². The van der Waals surface area contributed by atoms with Crippen LogP contribution in [0.1, 0.15) is 23.9 Å². The summed E-state index contributed by atoms with van der Waals surface area (Å²) in [5.41, 5.74) is 1.77. The lowest BCUT2D eigenvalue weighted by Gasteiger charge is -2.05. The van der Waals surface area contributed by atoms with Gasteiger partial charge in [0.25, 0.3) is 0 Å². The molecule has 112 valence electrons. The summed E-state index contributed by atoms with van der Waals surface area (Å²) in [5, 5.41) is 4.72. The van der Waals surface area contributed by atoms with Gasteiger partial charge in [0, 0.05) is 13.0 Å². The lowest BCUT2D eigenvalue weighted by molar-refractivity contribution is -0.117. The minimum atomic E-state index is -0.951. The van der Waals surface area contributed by atoms with Gasteiger partial charge in [-0.15, -0.1) is 0 Å². The Labute approximate surface area is 126 Å². The standard InChI is InChI=1S/C15H15ClF2N2O/c1-3-20-14(15(16)9(2)19-20)8-11(21)6-10-4-5-12(17)13(18)7-10/h4-5,7H,3,6,8H2,1-2H3. The molecular weight excluding hydrogens is 298 g/mol. The second-order valence-corrected chi connectivity index (χ2v) is 5.18. The van der Waals surface area contributed by atoms with Gasteiger partial charge in [0.15, 0.2) is 11.6 Å². The molecule has 2 rings (SSSR count). The van der Waals surface area contributed by atoms with Crippen molar-refractivity contribution in [2.45, 2.75) is 33.2 Å². The Morgan fingerprint density at radius 3 is 2.62 bits per heavy atom. The average Bonchev–Trinajstić information content (AvgIpc) is 2.70. The molecule has 0 saturated heterocycles. The molecule has 0 aliphatic rings. The maximum Gasteiger partial charge on any atom is 0.159 e. The lowest BCUT2D eigenvalue weighted by atomic mass is 10.1. The summed E-state index contributed by atoms with van der Waals surface area (Å²) in [7, 11) is 0. The predicted octanol–water partition coefficient (Wildman–Crippen LogP) is 3.50. The fourth-order valence-corrected chi connectivity index (χ4v) is 2.37. The van der Waals surface area contributed by atoms with Gasteiger partial charge in [0.05, 0.1) is 22.8 Å². The van der Waals surface area contributed by atoms with Crippen LogP contribution in [0.15, 0.2) is 18.2 Å². The second-order valence-electron chi connectivity index (χ2n) is 4.80. The number of hydrogen-bond acceptors (Lipinski definition) is 2. The third-order valence-corrected chi connectivity index (χ3v) is 3.69. The Balaban J connectivity index is 2.13. The highest BCUT2D eigenvalue weighted by Gasteiger charge is 2.16. The highest BCUT2D eigenvalue weighted by molar-refractivity contribution is 6.32. The molecule has 0 spiro atoms. The van der Waals surface area contributed by atoms with Gasteiger partial charge in [-0.1, -0.05) is 17.7 Å². The smallest absolute Gasteiger partial charge is 0.159 e. The molecule has 1 heterocycles. The Kier molecular flexibility index (Phi) is 4.73. The van der Waals surface area contributed by atoms with Crippen molar-refractivity contribution in [3.05, 3.63) is 51.8 Å². The Morgan fingerprint density at radius 2 is 2.00 bits per heavy atom. The van der Waals surface area contributed by atoms with Gasteiger partial charge in [0.1, 0.15) is 5.78 Å². The van der Waals surface area contributed by atoms with Crippen molar-refractivity contribution < 1.29 is 13.6 Å². The highest BCUT2D eigenvalue weighted by atomic mass is 35.5. The van der Waals surface area contributed by atoms with Crippen molar-refractivity contribution >= 4 is 17.4 Å². The van der Waals surface area contributed by atoms with E-state index in [-0.39, 0.29) is 18.6 Å². The number of halogens is 3. The molecule has 3 nitrogen and oxygen atoms in total. The zero-order chi connectivity index (χ0) is 15.6. The van der Waals surface area contributed by atoms with Crippen LogP contribution in [-0.2, 0) is 24.2 Å². The highest BCUT2D eigenvalue weighted by Crippen LogP contribution is 2.21. The van der Waals surface area contributed by atoms with Crippen LogP contribution in [0.3, 0.4) is 0 Å². The number of hydrogen-bond donors (Lipinski definition) is 0. The maximum atomic E-state index is 13.1. The van der Waals surface area contributed by atoms with E-state index in [1.54, 1.807) is 11.6 Å². The monoisotopic (exact) mass is 312 g/mol. The number of Topliss-reactive ketones (excluding diaryl/α,β-unsaturated/α-hetero) is 1. The summed E-state index contributed by atoms with van der Waals surface area (Å²) in [5.74, 6) is -2.00. The molecule has 0 N–H and O–H groups in total. The molecule has 0 unspecified atom stereocenters. The summed E-state index contributed by atoms with van der Waals surface area (Å²) >= 11 is 6.14. The molecule has 0 atom stereocenters. The second kappa shape index (κ2) is 6.35. The van der Waals surface area contributed by atoms with Crippen LogP contribution in [0, 0.1) is 18.6 Å². The summed E-state index contributed by atoms with van der Waals surface area (Å²) in [6, 6.07) is 3.46. The Bertz CT molecular complexity index is 683. The van der Waals surface area contributed by atoms with E-state index in [1.807, 2.05) is 6.92 Å². The van der Waals surface area contributed by atoms with Crippen molar-refractivity contribution in [2.24, 2.45) is 0 Å². The summed E-state index contributed by atoms with van der Waals surface area (Å²) in [6.07, 6.45) is 0.147. The maximum absolute atomic E-state index is 13.1. The van der Waals surface area contributed by atoms with Crippen molar-refractivity contribution in [3.8, 4) is 0 Å². The van der Waals surface area contributed by atoms with Gasteiger partial charge in [-0.05, 0) is 31.5 Å². The number of rotatable bonds is 5. The van der Waals surface area contributed by atoms with E-state index >= 15 is 0 Å². The molecule has 0 aliphatic carbocycles. The third kappa shape index (κ3) is 3.47. The summed E-state index contributed by atoms with van der Waals surface area (Å²) < 4.78 is 27.7. The van der Waals surface area contributed by atoms with E-state index in [0.717, 1.165) is 12.1 Å². The first-order chi connectivity index (χ1) is 9.92. The van der Waals surface area contributed by atoms with E-state index in [4.69, 9.17) is 11.6 Å². The van der Waals surface area contributed by atoms with Crippen LogP contribution in [0.2, 0.25) is 5.02 Å². The number of aromatic nitrogens is 2. The molecule has 0 fully saturated rings. The van der Waals surface area contributed by atoms with Crippen molar-refractivity contribution in [3.63, 3.8) is 0 Å². The number of ketones is 1. The zero-order valence-electron chi connectivity index (χ0n) is 11.8. The Hall–Kier alpha value is -1.75. The van der Waals surface area contributed by atoms with Crippen LogP contribution in [0.5, 0.6) is 0 Å². The predicted molar refractivity (Wildman–Crippen MR) is 76.4 cm³/mol. The third-order valence-electron chi connectivity index (χ3n) is 3.20. The normalized spacial score (nSPS) is 10.9. The van der Waals surface area contributed by atoms with Crippen LogP contribution in [0.25, 0.3) is 0 Å². The molecule has 6 heteroatoms. The van der Waals surface area contributed by atoms with E-state index in [9.17, 15) is 13.6 Å². The summed E-state index contributed by atoms with van der Waals surface area (Å²) in [6.45, 7) is 4.30. The number of nitrogens with zero attached hydrogens (tertiary/aromatic N) is 2. The molecule has 0 aliphatic heterocycles. The largest absolute Gasteiger partial charge is 0.299 e. The van der Waals surface area contributed by atoms with Gasteiger partial charge in [0.2, 0.25) is 0 Å². The molecule has 0 bridgehead atoms. The molecule has 1 aromatic carbocycles. The number of carbonyl (C=O) groups is 1. The minimum Gasteiger partial charge on any atom is -0.299 e. The number of carbonyl (C=O) groups excluding carboxylic acids is 1. The van der Waals surface area contributed by atoms with Gasteiger partial charge in [-0.25, -0.2) is 8.78 Å². The van der Waals surface area contributed by atoms with Gasteiger partial charge in [-0.3, -0.25) is 9.48 Å². The molecule has 0 saturated carbocycles. The fraction of sp³-hybridized carbons (Fsp3) is 0.333. The zero-order valence-corrected chi connectivity index (χ0v) is 12.5. The lowest BCUT2D eigenvalue weighted by Crippen LogP contribution is -2.12. The first-order valence-electron chi connectivity index (χ1n) is 6.59. The van der Waals surface area contributed by atoms with Crippen molar-refractivity contribution in [2.75, 3.05) is 0 Å². The van der Waals surface area contributed by atoms with E-state index < -0.39 is 11.6 Å². The topological polar surface area (TPSA) is 34.9 Å². The molecule has 0 amide bonds.